The van der Waals surface area contributed by atoms with Gasteiger partial charge >= 0.3 is 6.03 Å². The highest BCUT2D eigenvalue weighted by molar-refractivity contribution is 5.87. The van der Waals surface area contributed by atoms with Crippen molar-refractivity contribution in [1.82, 2.24) is 25.5 Å². The molecule has 0 radical (unpaired) electrons. The molecule has 0 aliphatic carbocycles. The van der Waals surface area contributed by atoms with Gasteiger partial charge in [-0.25, -0.2) is 18.6 Å². The second-order valence-electron chi connectivity index (χ2n) is 7.56. The Hall–Kier alpha value is -3.49. The van der Waals surface area contributed by atoms with Gasteiger partial charge in [0, 0.05) is 26.6 Å². The van der Waals surface area contributed by atoms with Crippen LogP contribution in [0.4, 0.5) is 13.6 Å². The molecule has 0 fully saturated rings. The Kier molecular flexibility index (Phi) is 7.75. The van der Waals surface area contributed by atoms with Crippen molar-refractivity contribution in [2.45, 2.75) is 38.8 Å². The zero-order valence-corrected chi connectivity index (χ0v) is 18.1. The van der Waals surface area contributed by atoms with Crippen LogP contribution in [0.2, 0.25) is 0 Å². The van der Waals surface area contributed by atoms with Gasteiger partial charge in [0.25, 0.3) is 0 Å². The zero-order chi connectivity index (χ0) is 23.1. The fraction of sp³-hybridized carbons (Fsp3) is 0.348. The monoisotopic (exact) mass is 443 g/mol. The largest absolute Gasteiger partial charge is 0.354 e. The number of carbonyl (C=O) groups is 2. The summed E-state index contributed by atoms with van der Waals surface area (Å²) in [5, 5.41) is 8.20. The third-order valence-corrected chi connectivity index (χ3v) is 5.15. The van der Waals surface area contributed by atoms with Crippen LogP contribution in [0, 0.1) is 11.6 Å². The fourth-order valence-electron chi connectivity index (χ4n) is 3.41. The van der Waals surface area contributed by atoms with Crippen molar-refractivity contribution in [3.05, 3.63) is 65.5 Å². The molecule has 3 amide bonds. The second kappa shape index (κ2) is 10.7. The molecule has 170 valence electrons. The molecule has 9 heteroatoms. The Balaban J connectivity index is 1.50. The molecule has 3 aromatic rings. The number of urea groups is 1. The van der Waals surface area contributed by atoms with Crippen LogP contribution in [0.15, 0.2) is 42.5 Å². The normalized spacial score (nSPS) is 11.9. The van der Waals surface area contributed by atoms with Crippen molar-refractivity contribution in [2.24, 2.45) is 7.05 Å². The topological polar surface area (TPSA) is 88.1 Å². The highest BCUT2D eigenvalue weighted by Gasteiger charge is 2.20. The van der Waals surface area contributed by atoms with Gasteiger partial charge in [-0.3, -0.25) is 4.79 Å². The van der Waals surface area contributed by atoms with Gasteiger partial charge in [0.05, 0.1) is 11.0 Å². The van der Waals surface area contributed by atoms with Crippen molar-refractivity contribution in [1.29, 1.82) is 0 Å². The van der Waals surface area contributed by atoms with Gasteiger partial charge < -0.3 is 20.5 Å². The summed E-state index contributed by atoms with van der Waals surface area (Å²) in [4.78, 5) is 29.3. The molecular weight excluding hydrogens is 416 g/mol. The Bertz CT molecular complexity index is 1080. The smallest absolute Gasteiger partial charge is 0.315 e. The maximum atomic E-state index is 13.5. The van der Waals surface area contributed by atoms with Crippen LogP contribution >= 0.6 is 0 Å². The van der Waals surface area contributed by atoms with Gasteiger partial charge in [0.2, 0.25) is 5.91 Å². The molecule has 1 atom stereocenters. The molecule has 2 aromatic carbocycles. The Morgan fingerprint density at radius 1 is 1.06 bits per heavy atom. The molecule has 0 aliphatic heterocycles. The van der Waals surface area contributed by atoms with E-state index in [0.717, 1.165) is 11.4 Å². The van der Waals surface area contributed by atoms with Crippen molar-refractivity contribution in [2.75, 3.05) is 6.54 Å². The number of fused-ring (bicyclic) bond motifs is 1. The van der Waals surface area contributed by atoms with Crippen LogP contribution in [0.25, 0.3) is 11.0 Å². The number of carbonyl (C=O) groups excluding carboxylic acids is 2. The number of nitrogens with zero attached hydrogens (tertiary/aromatic N) is 2. The number of aromatic nitrogens is 2. The Morgan fingerprint density at radius 2 is 1.78 bits per heavy atom. The van der Waals surface area contributed by atoms with Gasteiger partial charge in [0.1, 0.15) is 23.5 Å². The average Bonchev–Trinajstić information content (AvgIpc) is 3.08. The number of nitrogens with one attached hydrogen (secondary N) is 3. The van der Waals surface area contributed by atoms with E-state index < -0.39 is 12.1 Å². The molecule has 32 heavy (non-hydrogen) atoms. The predicted octanol–water partition coefficient (Wildman–Crippen LogP) is 3.18. The summed E-state index contributed by atoms with van der Waals surface area (Å²) in [6.45, 7) is 2.48. The molecule has 1 unspecified atom stereocenters. The van der Waals surface area contributed by atoms with Crippen LogP contribution in [0.3, 0.4) is 0 Å². The number of aryl methyl sites for hydroxylation is 1. The van der Waals surface area contributed by atoms with E-state index in [1.54, 1.807) is 29.8 Å². The molecule has 1 heterocycles. The lowest BCUT2D eigenvalue weighted by Gasteiger charge is -2.18. The number of imidazole rings is 1. The number of hydrogen-bond donors (Lipinski definition) is 3. The van der Waals surface area contributed by atoms with Gasteiger partial charge in [0.15, 0.2) is 0 Å². The van der Waals surface area contributed by atoms with Crippen molar-refractivity contribution in [3.63, 3.8) is 0 Å². The van der Waals surface area contributed by atoms with Gasteiger partial charge in [-0.05, 0) is 42.3 Å². The van der Waals surface area contributed by atoms with E-state index in [4.69, 9.17) is 0 Å². The summed E-state index contributed by atoms with van der Waals surface area (Å²) in [6.07, 6.45) is 1.67. The molecule has 3 rings (SSSR count). The molecule has 3 N–H and O–H groups in total. The lowest BCUT2D eigenvalue weighted by Crippen LogP contribution is -2.50. The highest BCUT2D eigenvalue weighted by Crippen LogP contribution is 2.16. The molecule has 7 nitrogen and oxygen atoms in total. The Morgan fingerprint density at radius 3 is 2.50 bits per heavy atom. The summed E-state index contributed by atoms with van der Waals surface area (Å²) >= 11 is 0. The summed E-state index contributed by atoms with van der Waals surface area (Å²) in [5.41, 5.74) is 2.13. The average molecular weight is 443 g/mol. The summed E-state index contributed by atoms with van der Waals surface area (Å²) < 4.78 is 28.2. The molecular formula is C23H27F2N5O2. The van der Waals surface area contributed by atoms with Gasteiger partial charge in [-0.1, -0.05) is 25.5 Å². The SMILES string of the molecule is CCCC(NC(=O)NCc1ccc(F)cc1)C(=O)NCCc1nc2ccc(F)cc2n1C. The predicted molar refractivity (Wildman–Crippen MR) is 118 cm³/mol. The highest BCUT2D eigenvalue weighted by atomic mass is 19.1. The van der Waals surface area contributed by atoms with E-state index in [1.165, 1.54) is 24.3 Å². The number of halogens is 2. The maximum absolute atomic E-state index is 13.5. The summed E-state index contributed by atoms with van der Waals surface area (Å²) in [7, 11) is 1.80. The van der Waals surface area contributed by atoms with Crippen LogP contribution in [0.5, 0.6) is 0 Å². The van der Waals surface area contributed by atoms with Crippen LogP contribution in [0.1, 0.15) is 31.2 Å². The number of amides is 3. The van der Waals surface area contributed by atoms with E-state index in [9.17, 15) is 18.4 Å². The van der Waals surface area contributed by atoms with Crippen molar-refractivity contribution < 1.29 is 18.4 Å². The van der Waals surface area contributed by atoms with Crippen LogP contribution in [-0.2, 0) is 24.8 Å². The minimum Gasteiger partial charge on any atom is -0.354 e. The van der Waals surface area contributed by atoms with Gasteiger partial charge in [-0.2, -0.15) is 0 Å². The van der Waals surface area contributed by atoms with E-state index in [-0.39, 0.29) is 24.1 Å². The maximum Gasteiger partial charge on any atom is 0.315 e. The fourth-order valence-corrected chi connectivity index (χ4v) is 3.41. The molecule has 0 spiro atoms. The van der Waals surface area contributed by atoms with E-state index in [1.807, 2.05) is 6.92 Å². The van der Waals surface area contributed by atoms with Crippen LogP contribution in [-0.4, -0.2) is 34.1 Å². The van der Waals surface area contributed by atoms with Crippen LogP contribution < -0.4 is 16.0 Å². The van der Waals surface area contributed by atoms with E-state index in [0.29, 0.717) is 36.8 Å². The molecule has 1 aromatic heterocycles. The first kappa shape index (κ1) is 23.2. The Labute approximate surface area is 185 Å². The molecule has 0 bridgehead atoms. The lowest BCUT2D eigenvalue weighted by molar-refractivity contribution is -0.123. The van der Waals surface area contributed by atoms with Crippen molar-refractivity contribution in [3.8, 4) is 0 Å². The summed E-state index contributed by atoms with van der Waals surface area (Å²) in [5.74, 6) is -0.230. The molecule has 0 aliphatic rings. The minimum atomic E-state index is -0.678. The first-order valence-electron chi connectivity index (χ1n) is 10.5. The zero-order valence-electron chi connectivity index (χ0n) is 18.1. The number of hydrogen-bond acceptors (Lipinski definition) is 3. The second-order valence-corrected chi connectivity index (χ2v) is 7.56. The number of benzene rings is 2. The van der Waals surface area contributed by atoms with E-state index in [2.05, 4.69) is 20.9 Å². The molecule has 0 saturated heterocycles. The molecule has 0 saturated carbocycles. The standard InChI is InChI=1S/C23H27F2N5O2/c1-3-4-19(29-23(32)27-14-15-5-7-16(24)8-6-15)22(31)26-12-11-21-28-18-10-9-17(25)13-20(18)30(21)2/h5-10,13,19H,3-4,11-12,14H2,1-2H3,(H,26,31)(H2,27,29,32). The van der Waals surface area contributed by atoms with Gasteiger partial charge in [-0.15, -0.1) is 0 Å². The minimum absolute atomic E-state index is 0.222. The third kappa shape index (κ3) is 6.03. The first-order chi connectivity index (χ1) is 15.4. The first-order valence-corrected chi connectivity index (χ1v) is 10.5. The third-order valence-electron chi connectivity index (χ3n) is 5.15. The number of rotatable bonds is 9. The lowest BCUT2D eigenvalue weighted by atomic mass is 10.1. The summed E-state index contributed by atoms with van der Waals surface area (Å²) in [6, 6.07) is 9.08. The van der Waals surface area contributed by atoms with Crippen molar-refractivity contribution >= 4 is 23.0 Å². The quantitative estimate of drug-likeness (QED) is 0.475. The van der Waals surface area contributed by atoms with E-state index >= 15 is 0 Å².